The maximum Gasteiger partial charge on any atom is 2.00 e. The van der Waals surface area contributed by atoms with E-state index < -0.39 is 0 Å². The van der Waals surface area contributed by atoms with Crippen LogP contribution in [0.4, 0.5) is 0 Å². The largest absolute Gasteiger partial charge is 2.00 e. The van der Waals surface area contributed by atoms with Gasteiger partial charge in [-0.15, -0.1) is 28.8 Å². The van der Waals surface area contributed by atoms with E-state index in [2.05, 4.69) is 80.4 Å². The summed E-state index contributed by atoms with van der Waals surface area (Å²) in [5.41, 5.74) is 4.60. The predicted molar refractivity (Wildman–Crippen MR) is 151 cm³/mol. The standard InChI is InChI=1S/C34H26N2O.Pt/c1-34(2,3)27-19-26(33-30-13-7-4-10-23(30)15-17-36-33)20-28(22-27)37-32-21-25(31-14-8-9-16-35-31)18-24-11-5-6-12-29(24)32;/h4-19,22H,1-3H3;/q-2;+2. The van der Waals surface area contributed by atoms with Gasteiger partial charge in [0.1, 0.15) is 0 Å². The fourth-order valence-corrected chi connectivity index (χ4v) is 4.55. The van der Waals surface area contributed by atoms with Crippen molar-refractivity contribution in [1.82, 2.24) is 9.97 Å². The molecule has 2 aromatic heterocycles. The van der Waals surface area contributed by atoms with Crippen LogP contribution >= 0.6 is 0 Å². The number of rotatable bonds is 4. The zero-order chi connectivity index (χ0) is 25.4. The van der Waals surface area contributed by atoms with Gasteiger partial charge in [0.05, 0.1) is 5.75 Å². The first-order valence-electron chi connectivity index (χ1n) is 12.4. The summed E-state index contributed by atoms with van der Waals surface area (Å²) in [6.45, 7) is 6.61. The number of fused-ring (bicyclic) bond motifs is 2. The molecule has 38 heavy (non-hydrogen) atoms. The fourth-order valence-electron chi connectivity index (χ4n) is 4.55. The molecule has 0 amide bonds. The van der Waals surface area contributed by atoms with Crippen molar-refractivity contribution in [2.45, 2.75) is 26.2 Å². The monoisotopic (exact) mass is 673 g/mol. The van der Waals surface area contributed by atoms with Crippen LogP contribution in [0.5, 0.6) is 11.5 Å². The van der Waals surface area contributed by atoms with Crippen LogP contribution in [0.25, 0.3) is 44.1 Å². The molecule has 0 N–H and O–H groups in total. The first kappa shape index (κ1) is 25.8. The molecule has 0 fully saturated rings. The SMILES string of the molecule is CC(C)(C)c1cc(Oc2[c-]c(-c3ccccn3)cc3ccccc23)[c-]c(-c2nccc3ccccc23)c1.[Pt+2]. The number of nitrogens with zero attached hydrogens (tertiary/aromatic N) is 2. The molecule has 188 valence electrons. The molecule has 0 atom stereocenters. The quantitative estimate of drug-likeness (QED) is 0.176. The van der Waals surface area contributed by atoms with Gasteiger partial charge in [0.2, 0.25) is 0 Å². The molecule has 0 radical (unpaired) electrons. The van der Waals surface area contributed by atoms with Gasteiger partial charge in [-0.2, -0.15) is 0 Å². The minimum Gasteiger partial charge on any atom is -0.496 e. The average molecular weight is 674 g/mol. The van der Waals surface area contributed by atoms with Gasteiger partial charge in [-0.3, -0.25) is 0 Å². The van der Waals surface area contributed by atoms with E-state index >= 15 is 0 Å². The topological polar surface area (TPSA) is 35.0 Å². The molecule has 6 rings (SSSR count). The zero-order valence-electron chi connectivity index (χ0n) is 21.4. The van der Waals surface area contributed by atoms with Crippen LogP contribution in [0.3, 0.4) is 0 Å². The van der Waals surface area contributed by atoms with Gasteiger partial charge in [0, 0.05) is 18.1 Å². The summed E-state index contributed by atoms with van der Waals surface area (Å²) in [5, 5.41) is 4.29. The molecule has 0 saturated carbocycles. The second-order valence-electron chi connectivity index (χ2n) is 10.2. The summed E-state index contributed by atoms with van der Waals surface area (Å²) in [6, 6.07) is 37.8. The van der Waals surface area contributed by atoms with E-state index in [0.29, 0.717) is 11.5 Å². The molecule has 0 bridgehead atoms. The summed E-state index contributed by atoms with van der Waals surface area (Å²) in [5.74, 6) is 1.29. The van der Waals surface area contributed by atoms with Crippen molar-refractivity contribution < 1.29 is 25.8 Å². The first-order valence-corrected chi connectivity index (χ1v) is 12.4. The van der Waals surface area contributed by atoms with E-state index in [4.69, 9.17) is 9.72 Å². The molecule has 0 aliphatic rings. The van der Waals surface area contributed by atoms with Gasteiger partial charge in [-0.25, -0.2) is 0 Å². The van der Waals surface area contributed by atoms with Crippen molar-refractivity contribution in [3.05, 3.63) is 121 Å². The summed E-state index contributed by atoms with van der Waals surface area (Å²) < 4.78 is 6.60. The maximum absolute atomic E-state index is 6.60. The fraction of sp³-hybridized carbons (Fsp3) is 0.118. The summed E-state index contributed by atoms with van der Waals surface area (Å²) in [7, 11) is 0. The third kappa shape index (κ3) is 5.12. The Labute approximate surface area is 237 Å². The van der Waals surface area contributed by atoms with Gasteiger partial charge >= 0.3 is 21.1 Å². The summed E-state index contributed by atoms with van der Waals surface area (Å²) in [6.07, 6.45) is 3.65. The van der Waals surface area contributed by atoms with Crippen LogP contribution in [-0.4, -0.2) is 9.97 Å². The van der Waals surface area contributed by atoms with Crippen molar-refractivity contribution >= 4 is 21.5 Å². The molecule has 2 heterocycles. The zero-order valence-corrected chi connectivity index (χ0v) is 23.7. The number of hydrogen-bond acceptors (Lipinski definition) is 3. The van der Waals surface area contributed by atoms with Crippen molar-refractivity contribution in [2.75, 3.05) is 0 Å². The predicted octanol–water partition coefficient (Wildman–Crippen LogP) is 8.80. The Hall–Kier alpha value is -3.81. The third-order valence-corrected chi connectivity index (χ3v) is 6.55. The third-order valence-electron chi connectivity index (χ3n) is 6.55. The molecule has 4 heteroatoms. The van der Waals surface area contributed by atoms with E-state index in [1.165, 1.54) is 0 Å². The van der Waals surface area contributed by atoms with Crippen molar-refractivity contribution in [3.8, 4) is 34.0 Å². The van der Waals surface area contributed by atoms with Crippen LogP contribution in [-0.2, 0) is 26.5 Å². The molecule has 3 nitrogen and oxygen atoms in total. The number of pyridine rings is 2. The number of aromatic nitrogens is 2. The Morgan fingerprint density at radius 3 is 2.16 bits per heavy atom. The van der Waals surface area contributed by atoms with Crippen molar-refractivity contribution in [1.29, 1.82) is 0 Å². The first-order chi connectivity index (χ1) is 18.0. The van der Waals surface area contributed by atoms with E-state index in [-0.39, 0.29) is 26.5 Å². The Morgan fingerprint density at radius 1 is 0.658 bits per heavy atom. The van der Waals surface area contributed by atoms with Gasteiger partial charge in [-0.1, -0.05) is 110 Å². The van der Waals surface area contributed by atoms with E-state index in [1.54, 1.807) is 6.20 Å². The number of hydrogen-bond donors (Lipinski definition) is 0. The van der Waals surface area contributed by atoms with E-state index in [9.17, 15) is 0 Å². The van der Waals surface area contributed by atoms with E-state index in [1.807, 2.05) is 54.7 Å². The van der Waals surface area contributed by atoms with Crippen LogP contribution in [0.2, 0.25) is 0 Å². The second kappa shape index (κ2) is 10.5. The Balaban J connectivity index is 0.00000294. The van der Waals surface area contributed by atoms with Gasteiger partial charge in [0.25, 0.3) is 0 Å². The maximum atomic E-state index is 6.60. The molecule has 0 unspecified atom stereocenters. The molecule has 0 spiro atoms. The van der Waals surface area contributed by atoms with Crippen LogP contribution in [0.15, 0.2) is 103 Å². The molecule has 0 aliphatic heterocycles. The minimum absolute atomic E-state index is 0. The summed E-state index contributed by atoms with van der Waals surface area (Å²) >= 11 is 0. The van der Waals surface area contributed by atoms with E-state index in [0.717, 1.165) is 49.6 Å². The van der Waals surface area contributed by atoms with Gasteiger partial charge in [0.15, 0.2) is 0 Å². The smallest absolute Gasteiger partial charge is 0.496 e. The molecular formula is C34H26N2OPt. The average Bonchev–Trinajstić information content (AvgIpc) is 2.92. The van der Waals surface area contributed by atoms with Crippen LogP contribution < -0.4 is 4.74 Å². The molecule has 0 aliphatic carbocycles. The normalized spacial score (nSPS) is 11.3. The Kier molecular flexibility index (Phi) is 7.14. The number of benzene rings is 4. The van der Waals surface area contributed by atoms with Crippen molar-refractivity contribution in [3.63, 3.8) is 0 Å². The van der Waals surface area contributed by atoms with Crippen molar-refractivity contribution in [2.24, 2.45) is 0 Å². The molecule has 6 aromatic rings. The van der Waals surface area contributed by atoms with Crippen LogP contribution in [0, 0.1) is 12.1 Å². The van der Waals surface area contributed by atoms with Gasteiger partial charge in [-0.05, 0) is 39.7 Å². The Morgan fingerprint density at radius 2 is 1.39 bits per heavy atom. The summed E-state index contributed by atoms with van der Waals surface area (Å²) in [4.78, 5) is 9.28. The van der Waals surface area contributed by atoms with Crippen LogP contribution in [0.1, 0.15) is 26.3 Å². The molecular weight excluding hydrogens is 647 g/mol. The molecule has 0 saturated heterocycles. The Bertz CT molecular complexity index is 1730. The number of ether oxygens (including phenoxy) is 1. The van der Waals surface area contributed by atoms with Gasteiger partial charge < -0.3 is 14.7 Å². The molecule has 4 aromatic carbocycles. The second-order valence-corrected chi connectivity index (χ2v) is 10.2. The minimum atomic E-state index is -0.0892.